The number of methoxy groups -OCH3 is 1. The van der Waals surface area contributed by atoms with Crippen molar-refractivity contribution in [1.82, 2.24) is 10.6 Å². The molecule has 0 spiro atoms. The summed E-state index contributed by atoms with van der Waals surface area (Å²) in [7, 11) is 1.54. The van der Waals surface area contributed by atoms with Crippen LogP contribution in [0.25, 0.3) is 0 Å². The molecule has 3 unspecified atom stereocenters. The van der Waals surface area contributed by atoms with Gasteiger partial charge in [0.05, 0.1) is 18.6 Å². The van der Waals surface area contributed by atoms with Crippen molar-refractivity contribution in [3.8, 4) is 0 Å². The number of aliphatic carboxylic acids is 1. The largest absolute Gasteiger partial charge is 0.480 e. The summed E-state index contributed by atoms with van der Waals surface area (Å²) in [6, 6.07) is -1.80. The molecule has 3 atom stereocenters. The van der Waals surface area contributed by atoms with Crippen LogP contribution < -0.4 is 16.4 Å². The van der Waals surface area contributed by atoms with Crippen LogP contribution in [0.2, 0.25) is 0 Å². The number of rotatable bonds is 6. The van der Waals surface area contributed by atoms with E-state index in [9.17, 15) is 14.4 Å². The molecular weight excluding hydrogens is 242 g/mol. The van der Waals surface area contributed by atoms with E-state index in [2.05, 4.69) is 10.6 Å². The highest BCUT2D eigenvalue weighted by Crippen LogP contribution is 2.09. The van der Waals surface area contributed by atoms with Crippen molar-refractivity contribution in [2.75, 3.05) is 13.7 Å². The normalized spacial score (nSPS) is 24.5. The number of carbonyl (C=O) groups is 3. The zero-order chi connectivity index (χ0) is 13.7. The van der Waals surface area contributed by atoms with Crippen LogP contribution >= 0.6 is 0 Å². The number of hydrogen-bond donors (Lipinski definition) is 4. The van der Waals surface area contributed by atoms with Crippen molar-refractivity contribution in [3.63, 3.8) is 0 Å². The lowest BCUT2D eigenvalue weighted by atomic mass is 10.1. The number of amides is 2. The van der Waals surface area contributed by atoms with Crippen LogP contribution in [0.3, 0.4) is 0 Å². The molecule has 1 fully saturated rings. The molecule has 18 heavy (non-hydrogen) atoms. The minimum Gasteiger partial charge on any atom is -0.480 e. The Morgan fingerprint density at radius 2 is 2.22 bits per heavy atom. The summed E-state index contributed by atoms with van der Waals surface area (Å²) in [6.45, 7) is 0.530. The van der Waals surface area contributed by atoms with Gasteiger partial charge >= 0.3 is 5.97 Å². The van der Waals surface area contributed by atoms with Crippen LogP contribution in [0.5, 0.6) is 0 Å². The van der Waals surface area contributed by atoms with Gasteiger partial charge < -0.3 is 26.2 Å². The SMILES string of the molecule is COC1CNC(C(=O)NC(CC(N)=O)C(=O)O)C1. The van der Waals surface area contributed by atoms with E-state index in [1.165, 1.54) is 0 Å². The average molecular weight is 259 g/mol. The number of carbonyl (C=O) groups excluding carboxylic acids is 2. The molecule has 1 aliphatic heterocycles. The molecule has 0 aliphatic carbocycles. The lowest BCUT2D eigenvalue weighted by Crippen LogP contribution is -2.49. The van der Waals surface area contributed by atoms with Crippen molar-refractivity contribution >= 4 is 17.8 Å². The summed E-state index contributed by atoms with van der Waals surface area (Å²) >= 11 is 0. The summed E-state index contributed by atoms with van der Waals surface area (Å²) in [5.74, 6) is -2.54. The van der Waals surface area contributed by atoms with Crippen LogP contribution in [0, 0.1) is 0 Å². The first-order valence-corrected chi connectivity index (χ1v) is 5.51. The summed E-state index contributed by atoms with van der Waals surface area (Å²) in [5, 5.41) is 14.0. The molecular formula is C10H17N3O5. The Balaban J connectivity index is 2.51. The number of nitrogens with two attached hydrogens (primary N) is 1. The van der Waals surface area contributed by atoms with E-state index in [1.54, 1.807) is 7.11 Å². The molecule has 2 amide bonds. The predicted octanol–water partition coefficient (Wildman–Crippen LogP) is -2.19. The van der Waals surface area contributed by atoms with Gasteiger partial charge in [-0.2, -0.15) is 0 Å². The Labute approximate surface area is 104 Å². The highest BCUT2D eigenvalue weighted by molar-refractivity contribution is 5.90. The summed E-state index contributed by atoms with van der Waals surface area (Å²) in [4.78, 5) is 33.3. The number of primary amides is 1. The minimum atomic E-state index is -1.29. The molecule has 0 radical (unpaired) electrons. The molecule has 1 rings (SSSR count). The van der Waals surface area contributed by atoms with Crippen LogP contribution in [0.15, 0.2) is 0 Å². The molecule has 0 aromatic heterocycles. The maximum atomic E-state index is 11.8. The number of hydrogen-bond acceptors (Lipinski definition) is 5. The topological polar surface area (TPSA) is 131 Å². The first-order valence-electron chi connectivity index (χ1n) is 5.51. The maximum Gasteiger partial charge on any atom is 0.326 e. The van der Waals surface area contributed by atoms with Gasteiger partial charge in [-0.05, 0) is 6.42 Å². The molecule has 0 bridgehead atoms. The van der Waals surface area contributed by atoms with Crippen molar-refractivity contribution in [1.29, 1.82) is 0 Å². The van der Waals surface area contributed by atoms with Gasteiger partial charge in [-0.3, -0.25) is 9.59 Å². The Hall–Kier alpha value is -1.67. The summed E-state index contributed by atoms with van der Waals surface area (Å²) in [5.41, 5.74) is 4.91. The quantitative estimate of drug-likeness (QED) is 0.428. The van der Waals surface area contributed by atoms with Gasteiger partial charge in [0.15, 0.2) is 0 Å². The van der Waals surface area contributed by atoms with E-state index >= 15 is 0 Å². The van der Waals surface area contributed by atoms with E-state index in [-0.39, 0.29) is 6.10 Å². The molecule has 0 saturated carbocycles. The first kappa shape index (κ1) is 14.4. The molecule has 1 saturated heterocycles. The highest BCUT2D eigenvalue weighted by Gasteiger charge is 2.32. The van der Waals surface area contributed by atoms with Gasteiger partial charge in [0.1, 0.15) is 6.04 Å². The fourth-order valence-corrected chi connectivity index (χ4v) is 1.76. The molecule has 0 aromatic carbocycles. The van der Waals surface area contributed by atoms with Gasteiger partial charge in [-0.1, -0.05) is 0 Å². The lowest BCUT2D eigenvalue weighted by Gasteiger charge is -2.16. The molecule has 8 heteroatoms. The van der Waals surface area contributed by atoms with E-state index < -0.39 is 36.3 Å². The monoisotopic (exact) mass is 259 g/mol. The Morgan fingerprint density at radius 3 is 2.67 bits per heavy atom. The van der Waals surface area contributed by atoms with Crippen molar-refractivity contribution in [3.05, 3.63) is 0 Å². The second-order valence-corrected chi connectivity index (χ2v) is 4.12. The van der Waals surface area contributed by atoms with Gasteiger partial charge in [0.25, 0.3) is 0 Å². The number of ether oxygens (including phenoxy) is 1. The highest BCUT2D eigenvalue weighted by atomic mass is 16.5. The lowest BCUT2D eigenvalue weighted by molar-refractivity contribution is -0.143. The van der Waals surface area contributed by atoms with Crippen LogP contribution in [-0.2, 0) is 19.1 Å². The number of carboxylic acids is 1. The van der Waals surface area contributed by atoms with Gasteiger partial charge in [-0.25, -0.2) is 4.79 Å². The second kappa shape index (κ2) is 6.31. The van der Waals surface area contributed by atoms with Crippen LogP contribution in [-0.4, -0.2) is 54.7 Å². The Bertz CT molecular complexity index is 346. The van der Waals surface area contributed by atoms with Crippen molar-refractivity contribution in [2.45, 2.75) is 31.0 Å². The molecule has 0 aromatic rings. The first-order chi connectivity index (χ1) is 8.43. The van der Waals surface area contributed by atoms with Gasteiger partial charge in [0.2, 0.25) is 11.8 Å². The Kier molecular flexibility index (Phi) is 5.05. The third-order valence-electron chi connectivity index (χ3n) is 2.76. The van der Waals surface area contributed by atoms with Gasteiger partial charge in [0, 0.05) is 13.7 Å². The molecule has 5 N–H and O–H groups in total. The molecule has 8 nitrogen and oxygen atoms in total. The van der Waals surface area contributed by atoms with E-state index in [1.807, 2.05) is 0 Å². The minimum absolute atomic E-state index is 0.0693. The average Bonchev–Trinajstić information content (AvgIpc) is 2.75. The van der Waals surface area contributed by atoms with E-state index in [0.717, 1.165) is 0 Å². The third kappa shape index (κ3) is 3.97. The van der Waals surface area contributed by atoms with Gasteiger partial charge in [-0.15, -0.1) is 0 Å². The smallest absolute Gasteiger partial charge is 0.326 e. The van der Waals surface area contributed by atoms with E-state index in [0.29, 0.717) is 13.0 Å². The Morgan fingerprint density at radius 1 is 1.56 bits per heavy atom. The summed E-state index contributed by atoms with van der Waals surface area (Å²) < 4.78 is 5.08. The van der Waals surface area contributed by atoms with Crippen molar-refractivity contribution < 1.29 is 24.2 Å². The fourth-order valence-electron chi connectivity index (χ4n) is 1.76. The molecule has 102 valence electrons. The number of nitrogens with one attached hydrogen (secondary N) is 2. The summed E-state index contributed by atoms with van der Waals surface area (Å²) in [6.07, 6.45) is -0.0348. The third-order valence-corrected chi connectivity index (χ3v) is 2.76. The number of carboxylic acid groups (broad SMARTS) is 1. The van der Waals surface area contributed by atoms with Crippen LogP contribution in [0.1, 0.15) is 12.8 Å². The maximum absolute atomic E-state index is 11.8. The molecule has 1 aliphatic rings. The van der Waals surface area contributed by atoms with Crippen molar-refractivity contribution in [2.24, 2.45) is 5.73 Å². The standard InChI is InChI=1S/C10H17N3O5/c1-18-5-2-6(12-4-5)9(15)13-7(10(16)17)3-8(11)14/h5-7,12H,2-4H2,1H3,(H2,11,14)(H,13,15)(H,16,17). The fraction of sp³-hybridized carbons (Fsp3) is 0.700. The zero-order valence-electron chi connectivity index (χ0n) is 10.0. The second-order valence-electron chi connectivity index (χ2n) is 4.12. The van der Waals surface area contributed by atoms with Crippen LogP contribution in [0.4, 0.5) is 0 Å². The predicted molar refractivity (Wildman–Crippen MR) is 60.6 cm³/mol. The molecule has 1 heterocycles. The van der Waals surface area contributed by atoms with E-state index in [4.69, 9.17) is 15.6 Å². The zero-order valence-corrected chi connectivity index (χ0v) is 10.0.